The molecule has 4 aromatic carbocycles. The van der Waals surface area contributed by atoms with E-state index in [1.807, 2.05) is 44.3 Å². The molecule has 4 aliphatic heterocycles. The molecule has 5 aliphatic rings. The summed E-state index contributed by atoms with van der Waals surface area (Å²) in [4.78, 5) is 125. The molecule has 17 rings (SSSR count). The summed E-state index contributed by atoms with van der Waals surface area (Å²) < 4.78 is 0. The smallest absolute Gasteiger partial charge is 0.275 e. The summed E-state index contributed by atoms with van der Waals surface area (Å²) in [6.45, 7) is 30.3. The molecule has 4 amide bonds. The summed E-state index contributed by atoms with van der Waals surface area (Å²) in [6.07, 6.45) is 34.7. The zero-order valence-corrected chi connectivity index (χ0v) is 70.4. The van der Waals surface area contributed by atoms with Gasteiger partial charge in [-0.3, -0.25) is 59.0 Å². The van der Waals surface area contributed by atoms with E-state index in [0.29, 0.717) is 46.1 Å². The Morgan fingerprint density at radius 1 is 0.311 bits per heavy atom. The van der Waals surface area contributed by atoms with Gasteiger partial charge in [-0.25, -0.2) is 24.9 Å². The van der Waals surface area contributed by atoms with Gasteiger partial charge in [-0.2, -0.15) is 0 Å². The molecule has 0 bridgehead atoms. The maximum absolute atomic E-state index is 12.9. The van der Waals surface area contributed by atoms with Crippen molar-refractivity contribution in [1.82, 2.24) is 64.8 Å². The lowest BCUT2D eigenvalue weighted by molar-refractivity contribution is 0.101. The lowest BCUT2D eigenvalue weighted by Gasteiger charge is -2.37. The van der Waals surface area contributed by atoms with E-state index in [9.17, 15) is 19.2 Å². The highest BCUT2D eigenvalue weighted by molar-refractivity contribution is 6.08. The number of nitrogens with zero attached hydrogens (tertiary/aromatic N) is 21. The number of carbonyl (C=O) groups excluding carboxylic acids is 4. The van der Waals surface area contributed by atoms with Gasteiger partial charge in [-0.05, 0) is 158 Å². The highest BCUT2D eigenvalue weighted by Gasteiger charge is 2.30. The first-order chi connectivity index (χ1) is 59.4. The van der Waals surface area contributed by atoms with Gasteiger partial charge >= 0.3 is 0 Å². The molecule has 0 spiro atoms. The lowest BCUT2D eigenvalue weighted by Crippen LogP contribution is -2.47. The average Bonchev–Trinajstić information content (AvgIpc) is 1.62. The highest BCUT2D eigenvalue weighted by Crippen LogP contribution is 2.44. The van der Waals surface area contributed by atoms with Crippen molar-refractivity contribution in [2.75, 3.05) is 165 Å². The second-order valence-corrected chi connectivity index (χ2v) is 31.5. The SMILES string of the molecule is CC(C)c1ccc(NC(=O)c2cccnc2)c(N2CCN(c3cnccn3)CC2)c1.Cc1cnc(C(=O)Nc2ccc(C(C)C)cc2N2CCN(c3cnccn3)CC2)cn1.Cc1ncccc1C(=O)Nc1ccc(C(C)C)cc1N1CCN(c2cnccn2)CC1.O=C(Nc1ccc(C2CC2)cc1N1CCN(c2cnccn2)CC1)c1cccnc1. The van der Waals surface area contributed by atoms with Gasteiger partial charge in [-0.15, -0.1) is 0 Å². The molecule has 0 atom stereocenters. The standard InChI is InChI=1S/C24H28N6O.C23H27N7O.C23H24N6O.C23H26N6O/c1-17(2)19-6-7-21(28-24(31)20-5-4-8-26-18(20)3)22(15-19)29-11-13-30(14-12-29)23-16-25-9-10-27-23;1-16(2)18-4-5-19(28-23(31)20-14-26-17(3)13-27-20)21(12-18)29-8-10-30(11-9-29)22-15-24-6-7-25-22;30-23(19-2-1-7-24-15-19)27-20-6-5-18(17-3-4-17)14-21(20)28-10-12-29(13-11-28)22-16-25-8-9-26-22;1-17(2)18-5-6-20(27-23(30)19-4-3-7-24-15-19)21(14-18)28-10-12-29(13-11-28)22-16-25-8-9-26-22/h4-10,15-17H,11-14H2,1-3H3,(H,28,31);4-7,12-16H,8-11H2,1-3H3,(H,28,31);1-2,5-9,14-17H,3-4,10-13H2,(H,27,30);3-9,14-17H,10-13H2,1-2H3,(H,27,30). The number of piperazine rings is 4. The topological polar surface area (TPSA) is 310 Å². The van der Waals surface area contributed by atoms with Crippen LogP contribution in [0.3, 0.4) is 0 Å². The Labute approximate surface area is 712 Å². The van der Waals surface area contributed by atoms with E-state index in [2.05, 4.69) is 215 Å². The van der Waals surface area contributed by atoms with E-state index in [1.54, 1.807) is 142 Å². The third kappa shape index (κ3) is 22.1. The van der Waals surface area contributed by atoms with E-state index in [1.165, 1.54) is 41.3 Å². The Morgan fingerprint density at radius 3 is 0.967 bits per heavy atom. The van der Waals surface area contributed by atoms with E-state index < -0.39 is 0 Å². The summed E-state index contributed by atoms with van der Waals surface area (Å²) in [7, 11) is 0. The van der Waals surface area contributed by atoms with Gasteiger partial charge in [0.25, 0.3) is 23.6 Å². The van der Waals surface area contributed by atoms with E-state index in [-0.39, 0.29) is 23.6 Å². The second kappa shape index (κ2) is 40.6. The van der Waals surface area contributed by atoms with Crippen LogP contribution in [0, 0.1) is 13.8 Å². The Bertz CT molecular complexity index is 5260. The Hall–Kier alpha value is -14.0. The first kappa shape index (κ1) is 84.5. The molecular formula is C93H105N25O4. The molecular weight excluding hydrogens is 1530 g/mol. The summed E-state index contributed by atoms with van der Waals surface area (Å²) in [5.41, 5.74) is 16.1. The molecule has 4 saturated heterocycles. The van der Waals surface area contributed by atoms with Crippen molar-refractivity contribution in [3.63, 3.8) is 0 Å². The number of pyridine rings is 3. The van der Waals surface area contributed by atoms with Crippen LogP contribution in [0.15, 0.2) is 227 Å². The van der Waals surface area contributed by atoms with Crippen LogP contribution in [0.5, 0.6) is 0 Å². The van der Waals surface area contributed by atoms with Crippen LogP contribution in [-0.2, 0) is 0 Å². The molecule has 12 aromatic rings. The van der Waals surface area contributed by atoms with Crippen LogP contribution in [0.4, 0.5) is 68.8 Å². The fourth-order valence-electron chi connectivity index (χ4n) is 14.9. The molecule has 1 aliphatic carbocycles. The molecule has 8 aromatic heterocycles. The monoisotopic (exact) mass is 1640 g/mol. The molecule has 0 radical (unpaired) electrons. The first-order valence-corrected chi connectivity index (χ1v) is 41.8. The van der Waals surface area contributed by atoms with Crippen LogP contribution in [0.25, 0.3) is 0 Å². The molecule has 0 unspecified atom stereocenters. The van der Waals surface area contributed by atoms with Crippen LogP contribution < -0.4 is 60.5 Å². The fraction of sp³-hybridized carbons (Fsp3) is 0.323. The van der Waals surface area contributed by atoms with Gasteiger partial charge in [0.15, 0.2) is 0 Å². The van der Waals surface area contributed by atoms with E-state index in [0.717, 1.165) is 185 Å². The van der Waals surface area contributed by atoms with Crippen LogP contribution in [0.1, 0.15) is 153 Å². The maximum Gasteiger partial charge on any atom is 0.275 e. The third-order valence-electron chi connectivity index (χ3n) is 22.2. The number of anilines is 12. The second-order valence-electron chi connectivity index (χ2n) is 31.5. The highest BCUT2D eigenvalue weighted by atomic mass is 16.2. The minimum atomic E-state index is -0.260. The zero-order valence-electron chi connectivity index (χ0n) is 70.4. The van der Waals surface area contributed by atoms with E-state index >= 15 is 0 Å². The number of rotatable bonds is 20. The Morgan fingerprint density at radius 2 is 0.648 bits per heavy atom. The largest absolute Gasteiger partial charge is 0.366 e. The minimum Gasteiger partial charge on any atom is -0.366 e. The molecule has 1 saturated carbocycles. The van der Waals surface area contributed by atoms with Crippen molar-refractivity contribution in [1.29, 1.82) is 0 Å². The molecule has 122 heavy (non-hydrogen) atoms. The van der Waals surface area contributed by atoms with Crippen molar-refractivity contribution in [3.05, 3.63) is 283 Å². The third-order valence-corrected chi connectivity index (χ3v) is 22.2. The van der Waals surface area contributed by atoms with Crippen LogP contribution in [-0.4, -0.2) is 193 Å². The Balaban J connectivity index is 0.000000133. The summed E-state index contributed by atoms with van der Waals surface area (Å²) >= 11 is 0. The van der Waals surface area contributed by atoms with Crippen molar-refractivity contribution in [2.24, 2.45) is 0 Å². The molecule has 29 heteroatoms. The van der Waals surface area contributed by atoms with Gasteiger partial charge in [-0.1, -0.05) is 65.8 Å². The minimum absolute atomic E-state index is 0.137. The van der Waals surface area contributed by atoms with Crippen molar-refractivity contribution < 1.29 is 19.2 Å². The first-order valence-electron chi connectivity index (χ1n) is 41.8. The summed E-state index contributed by atoms with van der Waals surface area (Å²) in [5, 5.41) is 12.3. The average molecular weight is 1640 g/mol. The van der Waals surface area contributed by atoms with Crippen molar-refractivity contribution in [3.8, 4) is 0 Å². The van der Waals surface area contributed by atoms with Gasteiger partial charge in [0.05, 0.1) is 98.9 Å². The lowest BCUT2D eigenvalue weighted by atomic mass is 10.0. The van der Waals surface area contributed by atoms with Gasteiger partial charge in [0.2, 0.25) is 0 Å². The summed E-state index contributed by atoms with van der Waals surface area (Å²) in [6, 6.07) is 36.0. The number of aromatic nitrogens is 13. The van der Waals surface area contributed by atoms with Crippen molar-refractivity contribution >= 4 is 92.4 Å². The van der Waals surface area contributed by atoms with Crippen LogP contribution >= 0.6 is 0 Å². The van der Waals surface area contributed by atoms with Gasteiger partial charge in [0, 0.05) is 197 Å². The quantitative estimate of drug-likeness (QED) is 0.0551. The number of aryl methyl sites for hydroxylation is 2. The number of carbonyl (C=O) groups is 4. The van der Waals surface area contributed by atoms with Crippen molar-refractivity contribution in [2.45, 2.75) is 91.9 Å². The molecule has 12 heterocycles. The van der Waals surface area contributed by atoms with E-state index in [4.69, 9.17) is 0 Å². The number of amides is 4. The van der Waals surface area contributed by atoms with Gasteiger partial charge in [0.1, 0.15) is 29.0 Å². The number of hydrogen-bond donors (Lipinski definition) is 4. The predicted octanol–water partition coefficient (Wildman–Crippen LogP) is 14.1. The van der Waals surface area contributed by atoms with Crippen LogP contribution in [0.2, 0.25) is 0 Å². The predicted molar refractivity (Wildman–Crippen MR) is 482 cm³/mol. The Kier molecular flexibility index (Phi) is 28.1. The number of hydrogen-bond acceptors (Lipinski definition) is 25. The summed E-state index contributed by atoms with van der Waals surface area (Å²) in [5.74, 6) is 4.79. The fourth-order valence-corrected chi connectivity index (χ4v) is 14.9. The number of nitrogens with one attached hydrogen (secondary N) is 4. The van der Waals surface area contributed by atoms with Gasteiger partial charge < -0.3 is 60.5 Å². The molecule has 29 nitrogen and oxygen atoms in total. The molecule has 4 N–H and O–H groups in total. The zero-order chi connectivity index (χ0) is 84.9. The molecule has 626 valence electrons. The normalized spacial score (nSPS) is 14.6. The maximum atomic E-state index is 12.9. The molecule has 5 fully saturated rings. The number of benzene rings is 4.